The van der Waals surface area contributed by atoms with Crippen LogP contribution >= 0.6 is 0 Å². The van der Waals surface area contributed by atoms with E-state index >= 15 is 0 Å². The van der Waals surface area contributed by atoms with Crippen molar-refractivity contribution >= 4 is 27.5 Å². The summed E-state index contributed by atoms with van der Waals surface area (Å²) in [4.78, 5) is 29.3. The number of carbonyl (C=O) groups excluding carboxylic acids is 2. The summed E-state index contributed by atoms with van der Waals surface area (Å²) >= 11 is 0. The van der Waals surface area contributed by atoms with Gasteiger partial charge in [-0.2, -0.15) is 0 Å². The second kappa shape index (κ2) is 12.5. The molecular weight excluding hydrogens is 510 g/mol. The molecule has 0 radical (unpaired) electrons. The van der Waals surface area contributed by atoms with Gasteiger partial charge in [-0.3, -0.25) is 13.9 Å². The Labute approximate surface area is 232 Å². The first-order valence-electron chi connectivity index (χ1n) is 13.0. The van der Waals surface area contributed by atoms with Gasteiger partial charge in [0.05, 0.1) is 11.9 Å². The van der Waals surface area contributed by atoms with Gasteiger partial charge in [-0.05, 0) is 57.4 Å². The van der Waals surface area contributed by atoms with Gasteiger partial charge in [0.25, 0.3) is 0 Å². The van der Waals surface area contributed by atoms with Crippen LogP contribution in [0.2, 0.25) is 0 Å². The Bertz CT molecular complexity index is 1380. The molecule has 0 saturated carbocycles. The summed E-state index contributed by atoms with van der Waals surface area (Å²) in [6.45, 7) is 9.18. The van der Waals surface area contributed by atoms with Gasteiger partial charge in [-0.15, -0.1) is 0 Å². The minimum absolute atomic E-state index is 0.152. The third-order valence-electron chi connectivity index (χ3n) is 6.31. The summed E-state index contributed by atoms with van der Waals surface area (Å²) in [6.07, 6.45) is 1.37. The van der Waals surface area contributed by atoms with E-state index in [1.165, 1.54) is 4.90 Å². The monoisotopic (exact) mass is 549 g/mol. The van der Waals surface area contributed by atoms with Gasteiger partial charge < -0.3 is 10.2 Å². The summed E-state index contributed by atoms with van der Waals surface area (Å²) in [6, 6.07) is 23.5. The molecule has 0 aromatic heterocycles. The van der Waals surface area contributed by atoms with Crippen molar-refractivity contribution in [3.05, 3.63) is 101 Å². The second-order valence-corrected chi connectivity index (χ2v) is 12.9. The summed E-state index contributed by atoms with van der Waals surface area (Å²) in [5.74, 6) is -0.761. The molecule has 0 saturated heterocycles. The lowest BCUT2D eigenvalue weighted by molar-refractivity contribution is -0.140. The highest BCUT2D eigenvalue weighted by Crippen LogP contribution is 2.23. The van der Waals surface area contributed by atoms with Crippen LogP contribution in [0, 0.1) is 13.8 Å². The Balaban J connectivity index is 2.08. The number of benzene rings is 3. The minimum atomic E-state index is -3.80. The van der Waals surface area contributed by atoms with Gasteiger partial charge in [-0.1, -0.05) is 78.4 Å². The molecule has 2 amide bonds. The number of hydrogen-bond acceptors (Lipinski definition) is 4. The van der Waals surface area contributed by atoms with Crippen molar-refractivity contribution < 1.29 is 18.0 Å². The van der Waals surface area contributed by atoms with Gasteiger partial charge >= 0.3 is 0 Å². The van der Waals surface area contributed by atoms with E-state index in [0.717, 1.165) is 32.8 Å². The zero-order valence-electron chi connectivity index (χ0n) is 23.6. The number of anilines is 1. The largest absolute Gasteiger partial charge is 0.350 e. The number of nitrogens with zero attached hydrogens (tertiary/aromatic N) is 2. The van der Waals surface area contributed by atoms with E-state index in [9.17, 15) is 18.0 Å². The molecule has 0 spiro atoms. The van der Waals surface area contributed by atoms with E-state index in [1.807, 2.05) is 88.4 Å². The molecule has 3 aromatic rings. The van der Waals surface area contributed by atoms with Gasteiger partial charge in [0.15, 0.2) is 0 Å². The summed E-state index contributed by atoms with van der Waals surface area (Å²) < 4.78 is 26.9. The van der Waals surface area contributed by atoms with E-state index in [1.54, 1.807) is 25.1 Å². The molecule has 39 heavy (non-hydrogen) atoms. The van der Waals surface area contributed by atoms with Crippen LogP contribution in [0.1, 0.15) is 43.0 Å². The molecule has 0 bridgehead atoms. The topological polar surface area (TPSA) is 86.8 Å². The van der Waals surface area contributed by atoms with Gasteiger partial charge in [0, 0.05) is 18.5 Å². The van der Waals surface area contributed by atoms with Gasteiger partial charge in [0.2, 0.25) is 21.8 Å². The van der Waals surface area contributed by atoms with Gasteiger partial charge in [0.1, 0.15) is 12.6 Å². The fraction of sp³-hybridized carbons (Fsp3) is 0.355. The molecule has 0 heterocycles. The van der Waals surface area contributed by atoms with Crippen molar-refractivity contribution in [3.8, 4) is 0 Å². The Morgan fingerprint density at radius 2 is 1.44 bits per heavy atom. The number of nitrogens with one attached hydrogen (secondary N) is 1. The molecule has 3 aromatic carbocycles. The highest BCUT2D eigenvalue weighted by atomic mass is 32.2. The minimum Gasteiger partial charge on any atom is -0.350 e. The fourth-order valence-electron chi connectivity index (χ4n) is 4.34. The smallest absolute Gasteiger partial charge is 0.244 e. The van der Waals surface area contributed by atoms with Crippen LogP contribution in [-0.4, -0.2) is 49.5 Å². The van der Waals surface area contributed by atoms with Crippen molar-refractivity contribution in [2.45, 2.75) is 59.2 Å². The average Bonchev–Trinajstić information content (AvgIpc) is 2.85. The number of sulfonamides is 1. The first-order chi connectivity index (χ1) is 18.2. The van der Waals surface area contributed by atoms with Crippen LogP contribution in [0.3, 0.4) is 0 Å². The van der Waals surface area contributed by atoms with E-state index in [-0.39, 0.29) is 18.9 Å². The van der Waals surface area contributed by atoms with Crippen LogP contribution in [-0.2, 0) is 32.6 Å². The molecule has 0 aliphatic heterocycles. The Hall–Kier alpha value is -3.65. The van der Waals surface area contributed by atoms with E-state index in [0.29, 0.717) is 5.69 Å². The number of carbonyl (C=O) groups is 2. The number of para-hydroxylation sites is 1. The second-order valence-electron chi connectivity index (χ2n) is 11.0. The standard InChI is InChI=1S/C31H39N3O4S/c1-23-16-18-26(19-17-23)21-33(28(30(36)32-31(3,4)5)20-25-13-8-7-9-14-25)29(35)22-34(39(6,37)38)27-15-11-10-12-24(27)2/h7-19,28H,20-22H2,1-6H3,(H,32,36)/t28-/m0/s1. The van der Waals surface area contributed by atoms with Crippen molar-refractivity contribution in [3.63, 3.8) is 0 Å². The van der Waals surface area contributed by atoms with E-state index < -0.39 is 34.1 Å². The van der Waals surface area contributed by atoms with E-state index in [4.69, 9.17) is 0 Å². The third-order valence-corrected chi connectivity index (χ3v) is 7.43. The molecular formula is C31H39N3O4S. The number of aryl methyl sites for hydroxylation is 2. The van der Waals surface area contributed by atoms with E-state index in [2.05, 4.69) is 5.32 Å². The van der Waals surface area contributed by atoms with Gasteiger partial charge in [-0.25, -0.2) is 8.42 Å². The fourth-order valence-corrected chi connectivity index (χ4v) is 5.24. The first-order valence-corrected chi connectivity index (χ1v) is 14.8. The molecule has 7 nitrogen and oxygen atoms in total. The molecule has 1 atom stereocenters. The SMILES string of the molecule is Cc1ccc(CN(C(=O)CN(c2ccccc2C)S(C)(=O)=O)[C@@H](Cc2ccccc2)C(=O)NC(C)(C)C)cc1. The van der Waals surface area contributed by atoms with Crippen molar-refractivity contribution in [2.24, 2.45) is 0 Å². The highest BCUT2D eigenvalue weighted by molar-refractivity contribution is 7.92. The normalized spacial score (nSPS) is 12.5. The first kappa shape index (κ1) is 29.9. The Morgan fingerprint density at radius 1 is 0.846 bits per heavy atom. The molecule has 0 aliphatic rings. The molecule has 3 rings (SSSR count). The summed E-state index contributed by atoms with van der Waals surface area (Å²) in [5, 5.41) is 3.03. The molecule has 1 N–H and O–H groups in total. The Kier molecular flexibility index (Phi) is 9.56. The van der Waals surface area contributed by atoms with Crippen LogP contribution in [0.15, 0.2) is 78.9 Å². The summed E-state index contributed by atoms with van der Waals surface area (Å²) in [7, 11) is -3.80. The molecule has 208 valence electrons. The maximum atomic E-state index is 14.1. The Morgan fingerprint density at radius 3 is 2.00 bits per heavy atom. The zero-order valence-corrected chi connectivity index (χ0v) is 24.5. The lowest BCUT2D eigenvalue weighted by atomic mass is 10.0. The predicted octanol–water partition coefficient (Wildman–Crippen LogP) is 4.62. The van der Waals surface area contributed by atoms with Crippen LogP contribution in [0.25, 0.3) is 0 Å². The molecule has 0 unspecified atom stereocenters. The zero-order chi connectivity index (χ0) is 28.8. The van der Waals surface area contributed by atoms with Crippen molar-refractivity contribution in [2.75, 3.05) is 17.1 Å². The summed E-state index contributed by atoms with van der Waals surface area (Å²) in [5.41, 5.74) is 3.45. The third kappa shape index (κ3) is 8.68. The lowest BCUT2D eigenvalue weighted by Crippen LogP contribution is -2.56. The molecule has 0 aliphatic carbocycles. The van der Waals surface area contributed by atoms with Crippen LogP contribution in [0.4, 0.5) is 5.69 Å². The van der Waals surface area contributed by atoms with Crippen molar-refractivity contribution in [1.82, 2.24) is 10.2 Å². The molecule has 8 heteroatoms. The highest BCUT2D eigenvalue weighted by Gasteiger charge is 2.34. The number of hydrogen-bond donors (Lipinski definition) is 1. The number of amides is 2. The van der Waals surface area contributed by atoms with Crippen molar-refractivity contribution in [1.29, 1.82) is 0 Å². The van der Waals surface area contributed by atoms with Crippen LogP contribution in [0.5, 0.6) is 0 Å². The average molecular weight is 550 g/mol. The predicted molar refractivity (Wildman–Crippen MR) is 157 cm³/mol. The lowest BCUT2D eigenvalue weighted by Gasteiger charge is -2.35. The quantitative estimate of drug-likeness (QED) is 0.400. The maximum Gasteiger partial charge on any atom is 0.244 e. The number of rotatable bonds is 10. The molecule has 0 fully saturated rings. The maximum absolute atomic E-state index is 14.1. The van der Waals surface area contributed by atoms with Crippen LogP contribution < -0.4 is 9.62 Å².